The summed E-state index contributed by atoms with van der Waals surface area (Å²) in [6.45, 7) is 5.46. The minimum absolute atomic E-state index is 0. The number of aromatic nitrogens is 1. The normalized spacial score (nSPS) is 10.3. The smallest absolute Gasteiger partial charge is 0.0711 e. The molecule has 0 aliphatic carbocycles. The summed E-state index contributed by atoms with van der Waals surface area (Å²) in [4.78, 5) is 4.97. The van der Waals surface area contributed by atoms with Gasteiger partial charge in [0.1, 0.15) is 0 Å². The Morgan fingerprint density at radius 1 is 0.821 bits per heavy atom. The molecule has 0 aliphatic rings. The van der Waals surface area contributed by atoms with Crippen molar-refractivity contribution in [3.05, 3.63) is 77.5 Å². The highest BCUT2D eigenvalue weighted by Crippen LogP contribution is 2.31. The first kappa shape index (κ1) is 24.1. The van der Waals surface area contributed by atoms with Gasteiger partial charge in [-0.15, -0.1) is 24.8 Å². The molecule has 3 nitrogen and oxygen atoms in total. The van der Waals surface area contributed by atoms with Crippen molar-refractivity contribution in [1.82, 2.24) is 4.98 Å². The maximum absolute atomic E-state index is 6.15. The number of hydrogen-bond donors (Lipinski definition) is 2. The van der Waals surface area contributed by atoms with Gasteiger partial charge in [-0.3, -0.25) is 4.98 Å². The lowest BCUT2D eigenvalue weighted by Gasteiger charge is -2.17. The summed E-state index contributed by atoms with van der Waals surface area (Å²) in [7, 11) is 0. The molecule has 0 spiro atoms. The van der Waals surface area contributed by atoms with E-state index in [1.54, 1.807) is 0 Å². The molecule has 0 fully saturated rings. The second kappa shape index (κ2) is 11.2. The Balaban J connectivity index is 0.00000196. The van der Waals surface area contributed by atoms with Gasteiger partial charge in [-0.25, -0.2) is 0 Å². The molecular formula is C23H29Cl2N3. The van der Waals surface area contributed by atoms with E-state index in [4.69, 9.17) is 16.5 Å². The molecule has 0 bridgehead atoms. The van der Waals surface area contributed by atoms with E-state index < -0.39 is 0 Å². The summed E-state index contributed by atoms with van der Waals surface area (Å²) >= 11 is 0. The molecule has 1 aromatic heterocycles. The van der Waals surface area contributed by atoms with Gasteiger partial charge in [0.15, 0.2) is 0 Å². The summed E-state index contributed by atoms with van der Waals surface area (Å²) in [5.41, 5.74) is 19.7. The zero-order valence-corrected chi connectivity index (χ0v) is 18.0. The van der Waals surface area contributed by atoms with Gasteiger partial charge < -0.3 is 11.5 Å². The van der Waals surface area contributed by atoms with E-state index in [1.807, 2.05) is 18.2 Å². The van der Waals surface area contributed by atoms with E-state index >= 15 is 0 Å². The zero-order valence-electron chi connectivity index (χ0n) is 16.4. The third kappa shape index (κ3) is 5.55. The molecule has 0 amide bonds. The fourth-order valence-electron chi connectivity index (χ4n) is 3.24. The van der Waals surface area contributed by atoms with Crippen LogP contribution in [-0.2, 0) is 19.5 Å². The lowest BCUT2D eigenvalue weighted by atomic mass is 9.93. The fraction of sp³-hybridized carbons (Fsp3) is 0.261. The average Bonchev–Trinajstić information content (AvgIpc) is 2.67. The van der Waals surface area contributed by atoms with Crippen molar-refractivity contribution in [3.63, 3.8) is 0 Å². The highest BCUT2D eigenvalue weighted by molar-refractivity contribution is 5.85. The standard InChI is InChI=1S/C23H27N3.2ClH/c1-16(2)12-23-21(15-25)20(18-10-8-17(14-24)9-11-18)13-22(26-23)19-6-4-3-5-7-19;;/h3-11,13,16H,12,14-15,24-25H2,1-2H3;2*1H. The molecule has 28 heavy (non-hydrogen) atoms. The Bertz CT molecular complexity index is 863. The second-order valence-corrected chi connectivity index (χ2v) is 7.05. The molecule has 0 aliphatic heterocycles. The van der Waals surface area contributed by atoms with Gasteiger partial charge in [-0.05, 0) is 40.7 Å². The van der Waals surface area contributed by atoms with E-state index in [2.05, 4.69) is 56.3 Å². The van der Waals surface area contributed by atoms with Crippen LogP contribution in [0.4, 0.5) is 0 Å². The summed E-state index contributed by atoms with van der Waals surface area (Å²) < 4.78 is 0. The van der Waals surface area contributed by atoms with Gasteiger partial charge >= 0.3 is 0 Å². The number of nitrogens with two attached hydrogens (primary N) is 2. The van der Waals surface area contributed by atoms with Gasteiger partial charge in [0.2, 0.25) is 0 Å². The van der Waals surface area contributed by atoms with Crippen molar-refractivity contribution < 1.29 is 0 Å². The monoisotopic (exact) mass is 417 g/mol. The van der Waals surface area contributed by atoms with Crippen molar-refractivity contribution in [3.8, 4) is 22.4 Å². The first-order valence-corrected chi connectivity index (χ1v) is 9.20. The predicted octanol–water partition coefficient (Wildman–Crippen LogP) is 5.38. The number of pyridine rings is 1. The minimum Gasteiger partial charge on any atom is -0.326 e. The van der Waals surface area contributed by atoms with Gasteiger partial charge in [-0.1, -0.05) is 68.4 Å². The second-order valence-electron chi connectivity index (χ2n) is 7.05. The molecule has 5 heteroatoms. The topological polar surface area (TPSA) is 64.9 Å². The maximum atomic E-state index is 6.15. The van der Waals surface area contributed by atoms with E-state index in [1.165, 1.54) is 5.56 Å². The van der Waals surface area contributed by atoms with Crippen LogP contribution in [0.2, 0.25) is 0 Å². The molecule has 2 aromatic carbocycles. The summed E-state index contributed by atoms with van der Waals surface area (Å²) in [6, 6.07) is 20.9. The van der Waals surface area contributed by atoms with Gasteiger partial charge in [0.05, 0.1) is 5.69 Å². The summed E-state index contributed by atoms with van der Waals surface area (Å²) in [5, 5.41) is 0. The van der Waals surface area contributed by atoms with Crippen LogP contribution in [0.5, 0.6) is 0 Å². The van der Waals surface area contributed by atoms with Crippen LogP contribution < -0.4 is 11.5 Å². The molecular weight excluding hydrogens is 389 g/mol. The Morgan fingerprint density at radius 3 is 2.00 bits per heavy atom. The minimum atomic E-state index is 0. The SMILES string of the molecule is CC(C)Cc1nc(-c2ccccc2)cc(-c2ccc(CN)cc2)c1CN.Cl.Cl. The first-order chi connectivity index (χ1) is 12.6. The van der Waals surface area contributed by atoms with E-state index in [9.17, 15) is 0 Å². The number of nitrogens with zero attached hydrogens (tertiary/aromatic N) is 1. The van der Waals surface area contributed by atoms with E-state index in [0.29, 0.717) is 19.0 Å². The highest BCUT2D eigenvalue weighted by atomic mass is 35.5. The van der Waals surface area contributed by atoms with Gasteiger partial charge in [0, 0.05) is 24.3 Å². The molecule has 0 unspecified atom stereocenters. The van der Waals surface area contributed by atoms with Crippen molar-refractivity contribution in [2.24, 2.45) is 17.4 Å². The Morgan fingerprint density at radius 2 is 1.46 bits per heavy atom. The summed E-state index contributed by atoms with van der Waals surface area (Å²) in [5.74, 6) is 0.520. The van der Waals surface area contributed by atoms with Crippen LogP contribution in [0, 0.1) is 5.92 Å². The Labute approximate surface area is 180 Å². The zero-order chi connectivity index (χ0) is 18.5. The lowest BCUT2D eigenvalue weighted by Crippen LogP contribution is -2.10. The van der Waals surface area contributed by atoms with E-state index in [-0.39, 0.29) is 24.8 Å². The van der Waals surface area contributed by atoms with Gasteiger partial charge in [0.25, 0.3) is 0 Å². The van der Waals surface area contributed by atoms with Crippen LogP contribution in [0.1, 0.15) is 30.7 Å². The molecule has 3 rings (SSSR count). The maximum Gasteiger partial charge on any atom is 0.0711 e. The number of halogens is 2. The Kier molecular flexibility index (Phi) is 9.63. The molecule has 4 N–H and O–H groups in total. The van der Waals surface area contributed by atoms with Gasteiger partial charge in [-0.2, -0.15) is 0 Å². The third-order valence-corrected chi connectivity index (χ3v) is 4.59. The quantitative estimate of drug-likeness (QED) is 0.565. The van der Waals surface area contributed by atoms with Crippen LogP contribution in [0.15, 0.2) is 60.7 Å². The van der Waals surface area contributed by atoms with Crippen molar-refractivity contribution in [2.45, 2.75) is 33.4 Å². The van der Waals surface area contributed by atoms with Crippen molar-refractivity contribution in [2.75, 3.05) is 0 Å². The lowest BCUT2D eigenvalue weighted by molar-refractivity contribution is 0.630. The predicted molar refractivity (Wildman–Crippen MR) is 124 cm³/mol. The first-order valence-electron chi connectivity index (χ1n) is 9.20. The number of hydrogen-bond acceptors (Lipinski definition) is 3. The molecule has 0 saturated carbocycles. The van der Waals surface area contributed by atoms with Crippen molar-refractivity contribution in [1.29, 1.82) is 0 Å². The molecule has 3 aromatic rings. The number of benzene rings is 2. The molecule has 0 atom stereocenters. The molecule has 0 radical (unpaired) electrons. The van der Waals surface area contributed by atoms with Crippen LogP contribution in [-0.4, -0.2) is 4.98 Å². The van der Waals surface area contributed by atoms with Crippen LogP contribution >= 0.6 is 24.8 Å². The molecule has 1 heterocycles. The fourth-order valence-corrected chi connectivity index (χ4v) is 3.24. The largest absolute Gasteiger partial charge is 0.326 e. The number of rotatable bonds is 6. The Hall–Kier alpha value is -1.91. The molecule has 150 valence electrons. The summed E-state index contributed by atoms with van der Waals surface area (Å²) in [6.07, 6.45) is 0.918. The average molecular weight is 418 g/mol. The molecule has 0 saturated heterocycles. The van der Waals surface area contributed by atoms with Crippen LogP contribution in [0.25, 0.3) is 22.4 Å². The third-order valence-electron chi connectivity index (χ3n) is 4.59. The highest BCUT2D eigenvalue weighted by Gasteiger charge is 2.15. The van der Waals surface area contributed by atoms with Crippen LogP contribution in [0.3, 0.4) is 0 Å². The van der Waals surface area contributed by atoms with E-state index in [0.717, 1.165) is 40.1 Å². The van der Waals surface area contributed by atoms with Crippen molar-refractivity contribution >= 4 is 24.8 Å².